The third-order valence-corrected chi connectivity index (χ3v) is 4.31. The lowest BCUT2D eigenvalue weighted by Crippen LogP contribution is -1.89. The van der Waals surface area contributed by atoms with Crippen LogP contribution in [0, 0.1) is 0 Å². The Morgan fingerprint density at radius 1 is 1.26 bits per heavy atom. The molecular weight excluding hydrogens is 324 g/mol. The largest absolute Gasteiger partial charge is 0.453 e. The van der Waals surface area contributed by atoms with E-state index in [2.05, 4.69) is 15.9 Å². The average Bonchev–Trinajstić information content (AvgIpc) is 3.01. The van der Waals surface area contributed by atoms with Crippen LogP contribution in [0.3, 0.4) is 0 Å². The number of para-hydroxylation sites is 1. The summed E-state index contributed by atoms with van der Waals surface area (Å²) < 4.78 is 6.54. The van der Waals surface area contributed by atoms with Gasteiger partial charge in [-0.2, -0.15) is 0 Å². The summed E-state index contributed by atoms with van der Waals surface area (Å²) in [6, 6.07) is 11.3. The first-order valence-electron chi connectivity index (χ1n) is 5.67. The van der Waals surface area contributed by atoms with Crippen LogP contribution in [-0.4, -0.2) is 5.78 Å². The molecule has 19 heavy (non-hydrogen) atoms. The standard InChI is InChI=1S/C15H9BrO2S/c16-11-8-12(19-9-11)5-6-13(17)15-7-10-3-1-2-4-14(10)18-15/h1-9H. The van der Waals surface area contributed by atoms with E-state index in [4.69, 9.17) is 4.42 Å². The first-order valence-corrected chi connectivity index (χ1v) is 7.35. The van der Waals surface area contributed by atoms with Gasteiger partial charge in [-0.1, -0.05) is 18.2 Å². The Hall–Kier alpha value is -1.65. The maximum atomic E-state index is 12.0. The normalized spacial score (nSPS) is 11.4. The number of ketones is 1. The van der Waals surface area contributed by atoms with Gasteiger partial charge in [0.2, 0.25) is 5.78 Å². The second kappa shape index (κ2) is 5.15. The zero-order valence-corrected chi connectivity index (χ0v) is 12.2. The lowest BCUT2D eigenvalue weighted by molar-refractivity contribution is 0.102. The van der Waals surface area contributed by atoms with Gasteiger partial charge in [0, 0.05) is 20.1 Å². The third kappa shape index (κ3) is 2.69. The Kier molecular flexibility index (Phi) is 3.36. The molecule has 94 valence electrons. The van der Waals surface area contributed by atoms with E-state index in [-0.39, 0.29) is 5.78 Å². The van der Waals surface area contributed by atoms with Gasteiger partial charge in [-0.25, -0.2) is 0 Å². The molecule has 0 aliphatic rings. The quantitative estimate of drug-likeness (QED) is 0.490. The van der Waals surface area contributed by atoms with Crippen molar-refractivity contribution in [3.05, 3.63) is 63.0 Å². The number of rotatable bonds is 3. The number of benzene rings is 1. The predicted molar refractivity (Wildman–Crippen MR) is 81.6 cm³/mol. The van der Waals surface area contributed by atoms with E-state index in [1.165, 1.54) is 6.08 Å². The van der Waals surface area contributed by atoms with Gasteiger partial charge in [-0.05, 0) is 46.3 Å². The molecule has 2 aromatic heterocycles. The summed E-state index contributed by atoms with van der Waals surface area (Å²) in [7, 11) is 0. The van der Waals surface area contributed by atoms with Crippen molar-refractivity contribution in [1.82, 2.24) is 0 Å². The summed E-state index contributed by atoms with van der Waals surface area (Å²) in [5.41, 5.74) is 0.734. The number of hydrogen-bond acceptors (Lipinski definition) is 3. The molecule has 0 atom stereocenters. The van der Waals surface area contributed by atoms with Crippen molar-refractivity contribution in [1.29, 1.82) is 0 Å². The van der Waals surface area contributed by atoms with Gasteiger partial charge in [0.25, 0.3) is 0 Å². The Bertz CT molecular complexity index is 734. The van der Waals surface area contributed by atoms with Crippen molar-refractivity contribution in [2.75, 3.05) is 0 Å². The molecule has 3 rings (SSSR count). The molecule has 0 aliphatic carbocycles. The van der Waals surface area contributed by atoms with Crippen LogP contribution in [0.15, 0.2) is 56.7 Å². The van der Waals surface area contributed by atoms with Gasteiger partial charge in [0.1, 0.15) is 5.58 Å². The minimum atomic E-state index is -0.124. The SMILES string of the molecule is O=C(C=Cc1cc(Br)cs1)c1cc2ccccc2o1. The van der Waals surface area contributed by atoms with E-state index in [0.29, 0.717) is 5.76 Å². The minimum absolute atomic E-state index is 0.124. The second-order valence-electron chi connectivity index (χ2n) is 4.01. The first kappa shape index (κ1) is 12.4. The van der Waals surface area contributed by atoms with Crippen LogP contribution >= 0.6 is 27.3 Å². The number of thiophene rings is 1. The molecule has 0 radical (unpaired) electrons. The van der Waals surface area contributed by atoms with Gasteiger partial charge in [-0.3, -0.25) is 4.79 Å². The molecule has 0 saturated carbocycles. The third-order valence-electron chi connectivity index (χ3n) is 2.66. The van der Waals surface area contributed by atoms with E-state index in [0.717, 1.165) is 20.3 Å². The lowest BCUT2D eigenvalue weighted by Gasteiger charge is -1.87. The molecule has 3 aromatic rings. The van der Waals surface area contributed by atoms with Gasteiger partial charge in [-0.15, -0.1) is 11.3 Å². The number of hydrogen-bond donors (Lipinski definition) is 0. The Labute approximate surface area is 122 Å². The van der Waals surface area contributed by atoms with Gasteiger partial charge >= 0.3 is 0 Å². The molecule has 2 nitrogen and oxygen atoms in total. The maximum absolute atomic E-state index is 12.0. The minimum Gasteiger partial charge on any atom is -0.453 e. The maximum Gasteiger partial charge on any atom is 0.221 e. The number of carbonyl (C=O) groups is 1. The van der Waals surface area contributed by atoms with Crippen LogP contribution in [0.4, 0.5) is 0 Å². The molecule has 0 bridgehead atoms. The van der Waals surface area contributed by atoms with Crippen LogP contribution in [0.1, 0.15) is 15.4 Å². The molecule has 2 heterocycles. The molecule has 0 N–H and O–H groups in total. The van der Waals surface area contributed by atoms with E-state index < -0.39 is 0 Å². The Morgan fingerprint density at radius 3 is 2.84 bits per heavy atom. The molecule has 0 aliphatic heterocycles. The number of allylic oxidation sites excluding steroid dienone is 1. The summed E-state index contributed by atoms with van der Waals surface area (Å²) in [6.07, 6.45) is 3.33. The van der Waals surface area contributed by atoms with Crippen molar-refractivity contribution in [3.63, 3.8) is 0 Å². The fraction of sp³-hybridized carbons (Fsp3) is 0. The molecule has 1 aromatic carbocycles. The number of carbonyl (C=O) groups excluding carboxylic acids is 1. The fourth-order valence-corrected chi connectivity index (χ4v) is 3.10. The van der Waals surface area contributed by atoms with Gasteiger partial charge < -0.3 is 4.42 Å². The molecule has 0 saturated heterocycles. The monoisotopic (exact) mass is 332 g/mol. The van der Waals surface area contributed by atoms with Crippen LogP contribution in [-0.2, 0) is 0 Å². The molecule has 0 unspecified atom stereocenters. The van der Waals surface area contributed by atoms with Crippen LogP contribution < -0.4 is 0 Å². The summed E-state index contributed by atoms with van der Waals surface area (Å²) in [4.78, 5) is 13.0. The molecule has 0 fully saturated rings. The Morgan fingerprint density at radius 2 is 2.11 bits per heavy atom. The van der Waals surface area contributed by atoms with Crippen molar-refractivity contribution >= 4 is 50.1 Å². The smallest absolute Gasteiger partial charge is 0.221 e. The first-order chi connectivity index (χ1) is 9.22. The van der Waals surface area contributed by atoms with E-state index in [9.17, 15) is 4.79 Å². The number of fused-ring (bicyclic) bond motifs is 1. The second-order valence-corrected chi connectivity index (χ2v) is 5.87. The zero-order valence-electron chi connectivity index (χ0n) is 9.80. The highest BCUT2D eigenvalue weighted by Crippen LogP contribution is 2.22. The summed E-state index contributed by atoms with van der Waals surface area (Å²) in [6.45, 7) is 0. The highest BCUT2D eigenvalue weighted by atomic mass is 79.9. The van der Waals surface area contributed by atoms with E-state index >= 15 is 0 Å². The molecule has 4 heteroatoms. The van der Waals surface area contributed by atoms with Crippen LogP contribution in [0.5, 0.6) is 0 Å². The highest BCUT2D eigenvalue weighted by molar-refractivity contribution is 9.10. The van der Waals surface area contributed by atoms with E-state index in [1.54, 1.807) is 23.5 Å². The summed E-state index contributed by atoms with van der Waals surface area (Å²) in [5.74, 6) is 0.244. The molecule has 0 spiro atoms. The summed E-state index contributed by atoms with van der Waals surface area (Å²) in [5, 5.41) is 2.92. The lowest BCUT2D eigenvalue weighted by atomic mass is 10.2. The topological polar surface area (TPSA) is 30.2 Å². The van der Waals surface area contributed by atoms with Crippen molar-refractivity contribution in [2.24, 2.45) is 0 Å². The number of furan rings is 1. The van der Waals surface area contributed by atoms with E-state index in [1.807, 2.05) is 35.7 Å². The number of halogens is 1. The average molecular weight is 333 g/mol. The zero-order chi connectivity index (χ0) is 13.2. The summed E-state index contributed by atoms with van der Waals surface area (Å²) >= 11 is 4.96. The Balaban J connectivity index is 1.85. The predicted octanol–water partition coefficient (Wildman–Crippen LogP) is 5.15. The van der Waals surface area contributed by atoms with Crippen molar-refractivity contribution in [2.45, 2.75) is 0 Å². The van der Waals surface area contributed by atoms with Crippen molar-refractivity contribution in [3.8, 4) is 0 Å². The molecular formula is C15H9BrO2S. The highest BCUT2D eigenvalue weighted by Gasteiger charge is 2.08. The van der Waals surface area contributed by atoms with Crippen LogP contribution in [0.25, 0.3) is 17.0 Å². The van der Waals surface area contributed by atoms with Crippen molar-refractivity contribution < 1.29 is 9.21 Å². The van der Waals surface area contributed by atoms with Crippen LogP contribution in [0.2, 0.25) is 0 Å². The fourth-order valence-electron chi connectivity index (χ4n) is 1.76. The van der Waals surface area contributed by atoms with Gasteiger partial charge in [0.15, 0.2) is 5.76 Å². The molecule has 0 amide bonds. The van der Waals surface area contributed by atoms with Gasteiger partial charge in [0.05, 0.1) is 0 Å².